The Bertz CT molecular complexity index is 826. The number of carbonyl (C=O) groups excluding carboxylic acids is 3. The Labute approximate surface area is 156 Å². The lowest BCUT2D eigenvalue weighted by atomic mass is 10.1. The fraction of sp³-hybridized carbons (Fsp3) is 0.316. The third kappa shape index (κ3) is 5.96. The van der Waals surface area contributed by atoms with Gasteiger partial charge in [-0.3, -0.25) is 14.4 Å². The monoisotopic (exact) mass is 373 g/mol. The molecule has 8 nitrogen and oxygen atoms in total. The first-order valence-corrected chi connectivity index (χ1v) is 8.48. The van der Waals surface area contributed by atoms with Crippen molar-refractivity contribution in [1.29, 1.82) is 0 Å². The highest BCUT2D eigenvalue weighted by Gasteiger charge is 2.17. The quantitative estimate of drug-likeness (QED) is 0.578. The molecule has 1 unspecified atom stereocenters. The number of nitrogens with one attached hydrogen (secondary N) is 3. The summed E-state index contributed by atoms with van der Waals surface area (Å²) in [6, 6.07) is 8.12. The zero-order valence-corrected chi connectivity index (χ0v) is 15.5. The molecule has 1 atom stereocenters. The van der Waals surface area contributed by atoms with E-state index in [1.54, 1.807) is 44.2 Å². The third-order valence-electron chi connectivity index (χ3n) is 3.81. The molecule has 2 rings (SSSR count). The van der Waals surface area contributed by atoms with Crippen molar-refractivity contribution in [3.8, 4) is 0 Å². The molecule has 3 amide bonds. The molecular weight excluding hydrogens is 350 g/mol. The van der Waals surface area contributed by atoms with Gasteiger partial charge < -0.3 is 25.5 Å². The number of amides is 3. The molecule has 4 N–H and O–H groups in total. The van der Waals surface area contributed by atoms with Crippen LogP contribution in [0.1, 0.15) is 36.5 Å². The van der Waals surface area contributed by atoms with Crippen LogP contribution in [-0.2, 0) is 14.4 Å². The fourth-order valence-corrected chi connectivity index (χ4v) is 2.57. The van der Waals surface area contributed by atoms with Crippen LogP contribution in [0, 0.1) is 13.8 Å². The van der Waals surface area contributed by atoms with Gasteiger partial charge >= 0.3 is 11.8 Å². The van der Waals surface area contributed by atoms with E-state index in [1.165, 1.54) is 6.92 Å². The summed E-state index contributed by atoms with van der Waals surface area (Å²) in [6.45, 7) is 5.08. The summed E-state index contributed by atoms with van der Waals surface area (Å²) in [5, 5.41) is 17.7. The van der Waals surface area contributed by atoms with E-state index in [4.69, 9.17) is 4.42 Å². The lowest BCUT2D eigenvalue weighted by Gasteiger charge is -2.11. The minimum atomic E-state index is -0.813. The number of aliphatic hydroxyl groups excluding tert-OH is 1. The first kappa shape index (κ1) is 20.2. The van der Waals surface area contributed by atoms with Crippen LogP contribution < -0.4 is 16.0 Å². The molecule has 0 saturated carbocycles. The van der Waals surface area contributed by atoms with E-state index < -0.39 is 17.9 Å². The lowest BCUT2D eigenvalue weighted by molar-refractivity contribution is -0.136. The van der Waals surface area contributed by atoms with Crippen LogP contribution in [0.3, 0.4) is 0 Å². The normalized spacial score (nSPS) is 11.6. The van der Waals surface area contributed by atoms with E-state index in [0.29, 0.717) is 28.5 Å². The second kappa shape index (κ2) is 9.00. The molecule has 1 aromatic heterocycles. The van der Waals surface area contributed by atoms with Gasteiger partial charge in [0.1, 0.15) is 11.5 Å². The molecule has 1 heterocycles. The Balaban J connectivity index is 1.79. The van der Waals surface area contributed by atoms with Crippen LogP contribution in [0.25, 0.3) is 0 Å². The predicted molar refractivity (Wildman–Crippen MR) is 100 cm³/mol. The van der Waals surface area contributed by atoms with Gasteiger partial charge in [-0.15, -0.1) is 0 Å². The zero-order valence-electron chi connectivity index (χ0n) is 15.5. The summed E-state index contributed by atoms with van der Waals surface area (Å²) < 4.78 is 5.36. The number of hydrogen-bond donors (Lipinski definition) is 4. The van der Waals surface area contributed by atoms with Crippen LogP contribution in [-0.4, -0.2) is 29.4 Å². The summed E-state index contributed by atoms with van der Waals surface area (Å²) in [5.41, 5.74) is 1.68. The van der Waals surface area contributed by atoms with Gasteiger partial charge in [-0.05, 0) is 50.6 Å². The summed E-state index contributed by atoms with van der Waals surface area (Å²) in [6.07, 6.45) is -0.531. The van der Waals surface area contributed by atoms with Crippen molar-refractivity contribution in [2.45, 2.75) is 33.3 Å². The molecule has 144 valence electrons. The maximum Gasteiger partial charge on any atom is 0.313 e. The molecule has 1 aromatic carbocycles. The van der Waals surface area contributed by atoms with Gasteiger partial charge in [0.05, 0.1) is 6.10 Å². The van der Waals surface area contributed by atoms with Crippen molar-refractivity contribution in [3.05, 3.63) is 47.4 Å². The number of aryl methyl sites for hydroxylation is 2. The molecule has 0 fully saturated rings. The number of rotatable bonds is 6. The Kier molecular flexibility index (Phi) is 6.73. The molecule has 0 saturated heterocycles. The van der Waals surface area contributed by atoms with Gasteiger partial charge in [0.2, 0.25) is 5.91 Å². The average molecular weight is 373 g/mol. The Morgan fingerprint density at radius 1 is 1.04 bits per heavy atom. The molecule has 0 radical (unpaired) electrons. The summed E-state index contributed by atoms with van der Waals surface area (Å²) in [7, 11) is 0. The number of carbonyl (C=O) groups is 3. The van der Waals surface area contributed by atoms with Crippen LogP contribution >= 0.6 is 0 Å². The largest absolute Gasteiger partial charge is 0.466 e. The maximum atomic E-state index is 11.9. The van der Waals surface area contributed by atoms with E-state index in [1.807, 2.05) is 0 Å². The smallest absolute Gasteiger partial charge is 0.313 e. The number of anilines is 2. The van der Waals surface area contributed by atoms with E-state index in [0.717, 1.165) is 0 Å². The van der Waals surface area contributed by atoms with Crippen molar-refractivity contribution in [2.24, 2.45) is 0 Å². The summed E-state index contributed by atoms with van der Waals surface area (Å²) in [4.78, 5) is 34.7. The van der Waals surface area contributed by atoms with E-state index >= 15 is 0 Å². The molecular formula is C19H23N3O5. The molecule has 8 heteroatoms. The van der Waals surface area contributed by atoms with Crippen LogP contribution in [0.4, 0.5) is 11.4 Å². The SMILES string of the molecule is CC(=O)Nc1ccc(NC(=O)C(=O)NCCC(O)c2cc(C)oc2C)cc1. The number of benzene rings is 1. The molecule has 0 aliphatic carbocycles. The van der Waals surface area contributed by atoms with Crippen molar-refractivity contribution in [2.75, 3.05) is 17.2 Å². The van der Waals surface area contributed by atoms with Crippen molar-refractivity contribution in [3.63, 3.8) is 0 Å². The zero-order chi connectivity index (χ0) is 20.0. The highest BCUT2D eigenvalue weighted by Crippen LogP contribution is 2.23. The average Bonchev–Trinajstić information content (AvgIpc) is 2.94. The molecule has 27 heavy (non-hydrogen) atoms. The first-order chi connectivity index (χ1) is 12.8. The van der Waals surface area contributed by atoms with Gasteiger partial charge in [-0.1, -0.05) is 0 Å². The molecule has 0 spiro atoms. The van der Waals surface area contributed by atoms with Gasteiger partial charge in [-0.2, -0.15) is 0 Å². The van der Waals surface area contributed by atoms with Crippen molar-refractivity contribution < 1.29 is 23.9 Å². The van der Waals surface area contributed by atoms with Crippen molar-refractivity contribution >= 4 is 29.1 Å². The van der Waals surface area contributed by atoms with Gasteiger partial charge in [0.25, 0.3) is 0 Å². The summed E-state index contributed by atoms with van der Waals surface area (Å²) in [5.74, 6) is -0.476. The standard InChI is InChI=1S/C19H23N3O5/c1-11-10-16(12(2)27-11)17(24)8-9-20-18(25)19(26)22-15-6-4-14(5-7-15)21-13(3)23/h4-7,10,17,24H,8-9H2,1-3H3,(H,20,25)(H,21,23)(H,22,26). The Morgan fingerprint density at radius 2 is 1.63 bits per heavy atom. The fourth-order valence-electron chi connectivity index (χ4n) is 2.57. The highest BCUT2D eigenvalue weighted by molar-refractivity contribution is 6.39. The van der Waals surface area contributed by atoms with Crippen molar-refractivity contribution in [1.82, 2.24) is 5.32 Å². The molecule has 2 aromatic rings. The van der Waals surface area contributed by atoms with Gasteiger partial charge in [-0.25, -0.2) is 0 Å². The highest BCUT2D eigenvalue weighted by atomic mass is 16.3. The minimum absolute atomic E-state index is 0.137. The second-order valence-electron chi connectivity index (χ2n) is 6.14. The Morgan fingerprint density at radius 3 is 2.15 bits per heavy atom. The van der Waals surface area contributed by atoms with Crippen LogP contribution in [0.5, 0.6) is 0 Å². The number of hydrogen-bond acceptors (Lipinski definition) is 5. The molecule has 0 aliphatic heterocycles. The van der Waals surface area contributed by atoms with E-state index in [9.17, 15) is 19.5 Å². The summed E-state index contributed by atoms with van der Waals surface area (Å²) >= 11 is 0. The van der Waals surface area contributed by atoms with E-state index in [2.05, 4.69) is 16.0 Å². The van der Waals surface area contributed by atoms with Crippen LogP contribution in [0.2, 0.25) is 0 Å². The first-order valence-electron chi connectivity index (χ1n) is 8.48. The predicted octanol–water partition coefficient (Wildman–Crippen LogP) is 2.03. The van der Waals surface area contributed by atoms with E-state index in [-0.39, 0.29) is 18.9 Å². The third-order valence-corrected chi connectivity index (χ3v) is 3.81. The molecule has 0 bridgehead atoms. The lowest BCUT2D eigenvalue weighted by Crippen LogP contribution is -2.36. The molecule has 0 aliphatic rings. The minimum Gasteiger partial charge on any atom is -0.466 e. The van der Waals surface area contributed by atoms with Gasteiger partial charge in [0.15, 0.2) is 0 Å². The maximum absolute atomic E-state index is 11.9. The second-order valence-corrected chi connectivity index (χ2v) is 6.14. The number of furan rings is 1. The van der Waals surface area contributed by atoms with Crippen LogP contribution in [0.15, 0.2) is 34.7 Å². The number of aliphatic hydroxyl groups is 1. The van der Waals surface area contributed by atoms with Gasteiger partial charge in [0, 0.05) is 30.4 Å². The topological polar surface area (TPSA) is 121 Å². The Hall–Kier alpha value is -3.13.